The number of fused-ring (bicyclic) bond motifs is 1. The van der Waals surface area contributed by atoms with Gasteiger partial charge in [-0.15, -0.1) is 12.4 Å². The fourth-order valence-electron chi connectivity index (χ4n) is 2.74. The van der Waals surface area contributed by atoms with Gasteiger partial charge in [0.25, 0.3) is 5.91 Å². The van der Waals surface area contributed by atoms with Gasteiger partial charge >= 0.3 is 0 Å². The molecule has 0 unspecified atom stereocenters. The SMILES string of the molecule is Cc1ccc(OCC(=O)N(CCN(C)C)c2nc3c(C)cc(Cl)cc3s2)cc1.Cl. The molecule has 0 saturated carbocycles. The van der Waals surface area contributed by atoms with Gasteiger partial charge in [-0.1, -0.05) is 40.6 Å². The van der Waals surface area contributed by atoms with Crippen LogP contribution in [0.15, 0.2) is 36.4 Å². The summed E-state index contributed by atoms with van der Waals surface area (Å²) in [6.07, 6.45) is 0. The Kier molecular flexibility index (Phi) is 8.28. The molecule has 1 amide bonds. The maximum atomic E-state index is 12.9. The summed E-state index contributed by atoms with van der Waals surface area (Å²) in [6.45, 7) is 5.22. The van der Waals surface area contributed by atoms with Gasteiger partial charge in [-0.3, -0.25) is 9.69 Å². The minimum Gasteiger partial charge on any atom is -0.484 e. The van der Waals surface area contributed by atoms with E-state index >= 15 is 0 Å². The van der Waals surface area contributed by atoms with E-state index in [4.69, 9.17) is 21.3 Å². The molecule has 1 heterocycles. The Balaban J connectivity index is 0.00000300. The molecule has 0 bridgehead atoms. The van der Waals surface area contributed by atoms with Crippen molar-refractivity contribution in [3.05, 3.63) is 52.5 Å². The van der Waals surface area contributed by atoms with Crippen molar-refractivity contribution in [2.45, 2.75) is 13.8 Å². The average molecular weight is 454 g/mol. The molecule has 8 heteroatoms. The molecule has 0 aliphatic carbocycles. The van der Waals surface area contributed by atoms with Gasteiger partial charge in [-0.05, 0) is 57.8 Å². The van der Waals surface area contributed by atoms with Crippen LogP contribution in [0.25, 0.3) is 10.2 Å². The Hall–Kier alpha value is -1.86. The predicted molar refractivity (Wildman–Crippen MR) is 124 cm³/mol. The number of likely N-dealkylation sites (N-methyl/N-ethyl adjacent to an activating group) is 1. The van der Waals surface area contributed by atoms with Gasteiger partial charge < -0.3 is 9.64 Å². The highest BCUT2D eigenvalue weighted by Crippen LogP contribution is 2.33. The minimum atomic E-state index is -0.120. The average Bonchev–Trinajstić information content (AvgIpc) is 3.05. The second-order valence-corrected chi connectivity index (χ2v) is 8.46. The van der Waals surface area contributed by atoms with Crippen LogP contribution in [-0.4, -0.2) is 49.6 Å². The molecule has 3 aromatic rings. The number of aromatic nitrogens is 1. The van der Waals surface area contributed by atoms with Crippen LogP contribution in [0.1, 0.15) is 11.1 Å². The molecular weight excluding hydrogens is 429 g/mol. The van der Waals surface area contributed by atoms with Crippen molar-refractivity contribution >= 4 is 56.6 Å². The zero-order valence-corrected chi connectivity index (χ0v) is 19.3. The first kappa shape index (κ1) is 23.4. The molecule has 0 spiro atoms. The van der Waals surface area contributed by atoms with Crippen LogP contribution in [0.4, 0.5) is 5.13 Å². The molecule has 0 atom stereocenters. The van der Waals surface area contributed by atoms with Crippen LogP contribution in [0.3, 0.4) is 0 Å². The standard InChI is InChI=1S/C21H24ClN3O2S.ClH/c1-14-5-7-17(8-6-14)27-13-19(26)25(10-9-24(3)4)21-23-20-15(2)11-16(22)12-18(20)28-21;/h5-8,11-12H,9-10,13H2,1-4H3;1H. The maximum Gasteiger partial charge on any atom is 0.266 e. The number of carbonyl (C=O) groups excluding carboxylic acids is 1. The summed E-state index contributed by atoms with van der Waals surface area (Å²) >= 11 is 7.65. The van der Waals surface area contributed by atoms with Crippen LogP contribution < -0.4 is 9.64 Å². The fraction of sp³-hybridized carbons (Fsp3) is 0.333. The van der Waals surface area contributed by atoms with Crippen LogP contribution in [0.2, 0.25) is 5.02 Å². The summed E-state index contributed by atoms with van der Waals surface area (Å²) in [7, 11) is 3.96. The van der Waals surface area contributed by atoms with Gasteiger partial charge in [-0.2, -0.15) is 0 Å². The Morgan fingerprint density at radius 3 is 2.48 bits per heavy atom. The van der Waals surface area contributed by atoms with E-state index in [1.807, 2.05) is 69.2 Å². The van der Waals surface area contributed by atoms with E-state index in [1.54, 1.807) is 4.90 Å². The second-order valence-electron chi connectivity index (χ2n) is 7.02. The normalized spacial score (nSPS) is 10.8. The molecule has 0 aliphatic heterocycles. The zero-order valence-electron chi connectivity index (χ0n) is 16.9. The van der Waals surface area contributed by atoms with Gasteiger partial charge in [0.1, 0.15) is 5.75 Å². The van der Waals surface area contributed by atoms with Gasteiger partial charge in [0.15, 0.2) is 11.7 Å². The van der Waals surface area contributed by atoms with Crippen LogP contribution in [0, 0.1) is 13.8 Å². The van der Waals surface area contributed by atoms with Gasteiger partial charge in [0.05, 0.1) is 10.2 Å². The lowest BCUT2D eigenvalue weighted by Gasteiger charge is -2.22. The summed E-state index contributed by atoms with van der Waals surface area (Å²) < 4.78 is 6.67. The van der Waals surface area contributed by atoms with Gasteiger partial charge in [-0.25, -0.2) is 4.98 Å². The van der Waals surface area contributed by atoms with Crippen LogP contribution in [0.5, 0.6) is 5.75 Å². The number of halogens is 2. The first-order valence-corrected chi connectivity index (χ1v) is 10.2. The van der Waals surface area contributed by atoms with Crippen molar-refractivity contribution in [2.75, 3.05) is 38.7 Å². The van der Waals surface area contributed by atoms with E-state index in [2.05, 4.69) is 0 Å². The third-order valence-electron chi connectivity index (χ3n) is 4.33. The molecule has 29 heavy (non-hydrogen) atoms. The fourth-order valence-corrected chi connectivity index (χ4v) is 4.21. The summed E-state index contributed by atoms with van der Waals surface area (Å²) in [5.41, 5.74) is 3.03. The van der Waals surface area contributed by atoms with Crippen LogP contribution >= 0.6 is 35.3 Å². The van der Waals surface area contributed by atoms with E-state index in [-0.39, 0.29) is 24.9 Å². The molecule has 1 aromatic heterocycles. The topological polar surface area (TPSA) is 45.7 Å². The Labute approximate surface area is 186 Å². The largest absolute Gasteiger partial charge is 0.484 e. The Morgan fingerprint density at radius 1 is 1.14 bits per heavy atom. The highest BCUT2D eigenvalue weighted by molar-refractivity contribution is 7.22. The number of hydrogen-bond acceptors (Lipinski definition) is 5. The van der Waals surface area contributed by atoms with E-state index in [9.17, 15) is 4.79 Å². The molecule has 0 aliphatic rings. The summed E-state index contributed by atoms with van der Waals surface area (Å²) in [4.78, 5) is 21.4. The molecule has 0 N–H and O–H groups in total. The number of thiazole rings is 1. The third kappa shape index (κ3) is 6.06. The number of hydrogen-bond donors (Lipinski definition) is 0. The Bertz CT molecular complexity index is 974. The smallest absolute Gasteiger partial charge is 0.266 e. The number of aryl methyl sites for hydroxylation is 2. The molecule has 5 nitrogen and oxygen atoms in total. The number of anilines is 1. The van der Waals surface area contributed by atoms with Crippen molar-refractivity contribution in [2.24, 2.45) is 0 Å². The molecular formula is C21H25Cl2N3O2S. The lowest BCUT2D eigenvalue weighted by molar-refractivity contribution is -0.120. The number of carbonyl (C=O) groups is 1. The lowest BCUT2D eigenvalue weighted by atomic mass is 10.2. The summed E-state index contributed by atoms with van der Waals surface area (Å²) in [5, 5.41) is 1.34. The van der Waals surface area contributed by atoms with E-state index in [0.717, 1.165) is 27.9 Å². The number of rotatable bonds is 7. The number of amides is 1. The van der Waals surface area contributed by atoms with Gasteiger partial charge in [0.2, 0.25) is 0 Å². The second kappa shape index (κ2) is 10.3. The van der Waals surface area contributed by atoms with Crippen molar-refractivity contribution in [1.82, 2.24) is 9.88 Å². The van der Waals surface area contributed by atoms with Crippen molar-refractivity contribution in [3.8, 4) is 5.75 Å². The molecule has 156 valence electrons. The van der Waals surface area contributed by atoms with Crippen molar-refractivity contribution in [1.29, 1.82) is 0 Å². The molecule has 0 fully saturated rings. The summed E-state index contributed by atoms with van der Waals surface area (Å²) in [6, 6.07) is 11.4. The quantitative estimate of drug-likeness (QED) is 0.506. The first-order valence-electron chi connectivity index (χ1n) is 9.05. The molecule has 0 radical (unpaired) electrons. The monoisotopic (exact) mass is 453 g/mol. The zero-order chi connectivity index (χ0) is 20.3. The molecule has 2 aromatic carbocycles. The lowest BCUT2D eigenvalue weighted by Crippen LogP contribution is -2.39. The number of nitrogens with zero attached hydrogens (tertiary/aromatic N) is 3. The highest BCUT2D eigenvalue weighted by Gasteiger charge is 2.21. The predicted octanol–water partition coefficient (Wildman–Crippen LogP) is 4.96. The summed E-state index contributed by atoms with van der Waals surface area (Å²) in [5.74, 6) is 0.559. The van der Waals surface area contributed by atoms with E-state index < -0.39 is 0 Å². The number of benzene rings is 2. The van der Waals surface area contributed by atoms with E-state index in [1.165, 1.54) is 11.3 Å². The number of ether oxygens (including phenoxy) is 1. The highest BCUT2D eigenvalue weighted by atomic mass is 35.5. The van der Waals surface area contributed by atoms with Crippen LogP contribution in [-0.2, 0) is 4.79 Å². The molecule has 3 rings (SSSR count). The van der Waals surface area contributed by atoms with Gasteiger partial charge in [0, 0.05) is 18.1 Å². The third-order valence-corrected chi connectivity index (χ3v) is 5.57. The Morgan fingerprint density at radius 2 is 1.83 bits per heavy atom. The van der Waals surface area contributed by atoms with Crippen molar-refractivity contribution < 1.29 is 9.53 Å². The molecule has 0 saturated heterocycles. The van der Waals surface area contributed by atoms with Crippen molar-refractivity contribution in [3.63, 3.8) is 0 Å². The maximum absolute atomic E-state index is 12.9. The first-order chi connectivity index (χ1) is 13.3. The minimum absolute atomic E-state index is 0. The van der Waals surface area contributed by atoms with E-state index in [0.29, 0.717) is 22.4 Å².